The standard InChI is InChI=1S/H4N2.2Na.H3O4P/c1-2;;;1-5(2,3)4/h1-2H2;;;(H3,1,2,3,4)/q;2*+1;/p-2. The minimum absolute atomic E-state index is 0. The molecule has 9 heteroatoms. The van der Waals surface area contributed by atoms with Gasteiger partial charge in [-0.15, -0.1) is 0 Å². The monoisotopic (exact) mass is 174 g/mol. The molecular weight excluding hydrogens is 169 g/mol. The van der Waals surface area contributed by atoms with E-state index in [1.807, 2.05) is 0 Å². The molecule has 0 aromatic carbocycles. The summed E-state index contributed by atoms with van der Waals surface area (Å²) in [4.78, 5) is 24.3. The zero-order chi connectivity index (χ0) is 6.50. The summed E-state index contributed by atoms with van der Waals surface area (Å²) in [6, 6.07) is 0. The van der Waals surface area contributed by atoms with Crippen molar-refractivity contribution < 1.29 is 78.4 Å². The van der Waals surface area contributed by atoms with Gasteiger partial charge in [0, 0.05) is 0 Å². The fourth-order valence-electron chi connectivity index (χ4n) is 0. The summed E-state index contributed by atoms with van der Waals surface area (Å²) in [5.74, 6) is 8.00. The van der Waals surface area contributed by atoms with Crippen molar-refractivity contribution in [1.29, 1.82) is 0 Å². The van der Waals surface area contributed by atoms with Crippen molar-refractivity contribution in [2.75, 3.05) is 0 Å². The average Bonchev–Trinajstić information content (AvgIpc) is 1.36. The fraction of sp³-hybridized carbons (Fsp3) is 0. The Hall–Kier alpha value is 2.03. The van der Waals surface area contributed by atoms with Crippen LogP contribution in [0.5, 0.6) is 0 Å². The molecular formula is H5N2Na2O4P. The quantitative estimate of drug-likeness (QED) is 0.144. The summed E-state index contributed by atoms with van der Waals surface area (Å²) in [5, 5.41) is 0. The van der Waals surface area contributed by atoms with E-state index in [0.717, 1.165) is 0 Å². The van der Waals surface area contributed by atoms with Gasteiger partial charge >= 0.3 is 59.1 Å². The van der Waals surface area contributed by atoms with Gasteiger partial charge in [-0.1, -0.05) is 0 Å². The largest absolute Gasteiger partial charge is 1.00 e. The zero-order valence-electron chi connectivity index (χ0n) is 5.27. The molecule has 9 heavy (non-hydrogen) atoms. The van der Waals surface area contributed by atoms with Gasteiger partial charge in [-0.3, -0.25) is 11.7 Å². The van der Waals surface area contributed by atoms with Crippen molar-refractivity contribution in [3.8, 4) is 0 Å². The summed E-state index contributed by atoms with van der Waals surface area (Å²) >= 11 is 0. The van der Waals surface area contributed by atoms with Crippen LogP contribution in [0.2, 0.25) is 0 Å². The molecule has 0 aliphatic heterocycles. The van der Waals surface area contributed by atoms with Gasteiger partial charge in [0.2, 0.25) is 0 Å². The van der Waals surface area contributed by atoms with E-state index in [1.54, 1.807) is 0 Å². The molecule has 46 valence electrons. The first-order chi connectivity index (χ1) is 3.00. The van der Waals surface area contributed by atoms with Crippen LogP contribution in [0.1, 0.15) is 0 Å². The molecule has 0 fully saturated rings. The Bertz CT molecular complexity index is 62.7. The summed E-state index contributed by atoms with van der Waals surface area (Å²) < 4.78 is 8.66. The zero-order valence-corrected chi connectivity index (χ0v) is 10.2. The van der Waals surface area contributed by atoms with E-state index in [4.69, 9.17) is 19.2 Å². The minimum atomic E-state index is -5.14. The predicted octanol–water partition coefficient (Wildman–Crippen LogP) is -9.37. The maximum atomic E-state index is 8.66. The first kappa shape index (κ1) is 22.5. The molecule has 0 heterocycles. The molecule has 0 saturated carbocycles. The number of hydrazine groups is 1. The van der Waals surface area contributed by atoms with Gasteiger partial charge in [0.15, 0.2) is 0 Å². The first-order valence-electron chi connectivity index (χ1n) is 1.08. The Morgan fingerprint density at radius 2 is 1.22 bits per heavy atom. The second-order valence-electron chi connectivity index (χ2n) is 0.469. The van der Waals surface area contributed by atoms with Crippen LogP contribution >= 0.6 is 7.82 Å². The van der Waals surface area contributed by atoms with Crippen molar-refractivity contribution in [2.24, 2.45) is 11.7 Å². The molecule has 0 bridgehead atoms. The molecule has 0 aliphatic carbocycles. The SMILES string of the molecule is NN.O=P([O-])([O-])O.[Na+].[Na+]. The van der Waals surface area contributed by atoms with E-state index in [0.29, 0.717) is 0 Å². The van der Waals surface area contributed by atoms with Crippen LogP contribution in [0, 0.1) is 0 Å². The second-order valence-corrected chi connectivity index (χ2v) is 1.41. The normalized spacial score (nSPS) is 7.22. The smallest absolute Gasteiger partial charge is 0.790 e. The van der Waals surface area contributed by atoms with Gasteiger partial charge < -0.3 is 19.2 Å². The van der Waals surface area contributed by atoms with Gasteiger partial charge in [-0.05, 0) is 0 Å². The van der Waals surface area contributed by atoms with Gasteiger partial charge in [0.1, 0.15) is 0 Å². The molecule has 0 aromatic rings. The van der Waals surface area contributed by atoms with E-state index in [2.05, 4.69) is 11.7 Å². The van der Waals surface area contributed by atoms with Crippen LogP contribution in [0.15, 0.2) is 0 Å². The number of rotatable bonds is 0. The van der Waals surface area contributed by atoms with Crippen LogP contribution in [0.3, 0.4) is 0 Å². The molecule has 0 aliphatic rings. The van der Waals surface area contributed by atoms with E-state index < -0.39 is 7.82 Å². The Labute approximate surface area is 96.8 Å². The van der Waals surface area contributed by atoms with E-state index in [9.17, 15) is 0 Å². The van der Waals surface area contributed by atoms with Crippen LogP contribution in [0.25, 0.3) is 0 Å². The van der Waals surface area contributed by atoms with Crippen LogP contribution < -0.4 is 80.6 Å². The fourth-order valence-corrected chi connectivity index (χ4v) is 0. The molecule has 0 radical (unpaired) electrons. The Balaban J connectivity index is -0.0000000286. The second kappa shape index (κ2) is 12.7. The molecule has 6 nitrogen and oxygen atoms in total. The summed E-state index contributed by atoms with van der Waals surface area (Å²) in [6.45, 7) is 0. The average molecular weight is 174 g/mol. The van der Waals surface area contributed by atoms with Crippen molar-refractivity contribution in [2.45, 2.75) is 0 Å². The summed E-state index contributed by atoms with van der Waals surface area (Å²) in [7, 11) is -5.14. The van der Waals surface area contributed by atoms with Crippen molar-refractivity contribution in [1.82, 2.24) is 0 Å². The number of hydrogen-bond donors (Lipinski definition) is 3. The van der Waals surface area contributed by atoms with Crippen LogP contribution in [-0.4, -0.2) is 4.89 Å². The van der Waals surface area contributed by atoms with E-state index >= 15 is 0 Å². The van der Waals surface area contributed by atoms with E-state index in [1.165, 1.54) is 0 Å². The Morgan fingerprint density at radius 3 is 1.22 bits per heavy atom. The van der Waals surface area contributed by atoms with Gasteiger partial charge in [0.25, 0.3) is 0 Å². The number of phosphoric acid groups is 1. The number of hydrogen-bond acceptors (Lipinski definition) is 5. The minimum Gasteiger partial charge on any atom is -0.790 e. The van der Waals surface area contributed by atoms with Crippen molar-refractivity contribution in [3.63, 3.8) is 0 Å². The molecule has 5 N–H and O–H groups in total. The third-order valence-corrected chi connectivity index (χ3v) is 0. The van der Waals surface area contributed by atoms with E-state index in [-0.39, 0.29) is 59.1 Å². The third kappa shape index (κ3) is 157. The van der Waals surface area contributed by atoms with Gasteiger partial charge in [-0.2, -0.15) is 0 Å². The Kier molecular flexibility index (Phi) is 31.6. The third-order valence-electron chi connectivity index (χ3n) is 0. The number of nitrogens with two attached hydrogens (primary N) is 2. The summed E-state index contributed by atoms with van der Waals surface area (Å²) in [5.41, 5.74) is 0. The molecule has 0 aromatic heterocycles. The molecule has 0 amide bonds. The first-order valence-corrected chi connectivity index (χ1v) is 2.58. The van der Waals surface area contributed by atoms with Gasteiger partial charge in [0.05, 0.1) is 7.82 Å². The van der Waals surface area contributed by atoms with Crippen molar-refractivity contribution in [3.05, 3.63) is 0 Å². The topological polar surface area (TPSA) is 135 Å². The van der Waals surface area contributed by atoms with Crippen LogP contribution in [0.4, 0.5) is 0 Å². The molecule has 0 atom stereocenters. The van der Waals surface area contributed by atoms with Crippen LogP contribution in [-0.2, 0) is 4.57 Å². The predicted molar refractivity (Wildman–Crippen MR) is 18.2 cm³/mol. The van der Waals surface area contributed by atoms with Gasteiger partial charge in [-0.25, -0.2) is 0 Å². The summed E-state index contributed by atoms with van der Waals surface area (Å²) in [6.07, 6.45) is 0. The molecule has 0 saturated heterocycles. The van der Waals surface area contributed by atoms with Crippen molar-refractivity contribution >= 4 is 7.82 Å². The molecule has 0 rings (SSSR count). The molecule has 0 spiro atoms. The Morgan fingerprint density at radius 1 is 1.22 bits per heavy atom. The molecule has 0 unspecified atom stereocenters. The maximum absolute atomic E-state index is 8.66. The maximum Gasteiger partial charge on any atom is 1.00 e.